The first-order valence-corrected chi connectivity index (χ1v) is 5.56. The molecule has 0 radical (unpaired) electrons. The van der Waals surface area contributed by atoms with Crippen molar-refractivity contribution in [3.8, 4) is 0 Å². The molecule has 0 unspecified atom stereocenters. The predicted molar refractivity (Wildman–Crippen MR) is 67.5 cm³/mol. The van der Waals surface area contributed by atoms with Gasteiger partial charge >= 0.3 is 0 Å². The van der Waals surface area contributed by atoms with Crippen molar-refractivity contribution in [3.63, 3.8) is 0 Å². The van der Waals surface area contributed by atoms with Crippen molar-refractivity contribution in [1.29, 1.82) is 0 Å². The van der Waals surface area contributed by atoms with E-state index >= 15 is 0 Å². The molecule has 1 heterocycles. The highest BCUT2D eigenvalue weighted by Gasteiger charge is 2.09. The summed E-state index contributed by atoms with van der Waals surface area (Å²) in [6.45, 7) is 1.77. The van der Waals surface area contributed by atoms with E-state index in [1.165, 1.54) is 12.1 Å². The maximum absolute atomic E-state index is 13.3. The number of anilines is 1. The van der Waals surface area contributed by atoms with Gasteiger partial charge in [0.15, 0.2) is 0 Å². The SMILES string of the molecule is Cc1ccc(/C=C/C(=O)Nc2c(F)cccc2F)o1. The van der Waals surface area contributed by atoms with Gasteiger partial charge in [-0.15, -0.1) is 0 Å². The lowest BCUT2D eigenvalue weighted by Gasteiger charge is -2.04. The molecule has 1 amide bonds. The predicted octanol–water partition coefficient (Wildman–Crippen LogP) is 3.52. The third-order valence-electron chi connectivity index (χ3n) is 2.37. The third-order valence-corrected chi connectivity index (χ3v) is 2.37. The Morgan fingerprint density at radius 1 is 1.21 bits per heavy atom. The Kier molecular flexibility index (Phi) is 3.75. The third kappa shape index (κ3) is 3.28. The zero-order chi connectivity index (χ0) is 13.8. The Labute approximate surface area is 108 Å². The molecule has 0 bridgehead atoms. The molecule has 0 aliphatic heterocycles. The molecule has 0 saturated carbocycles. The number of halogens is 2. The lowest BCUT2D eigenvalue weighted by molar-refractivity contribution is -0.111. The number of benzene rings is 1. The fraction of sp³-hybridized carbons (Fsp3) is 0.0714. The second-order valence-corrected chi connectivity index (χ2v) is 3.87. The van der Waals surface area contributed by atoms with Gasteiger partial charge in [-0.2, -0.15) is 0 Å². The molecule has 19 heavy (non-hydrogen) atoms. The van der Waals surface area contributed by atoms with Crippen LogP contribution in [0.4, 0.5) is 14.5 Å². The van der Waals surface area contributed by atoms with Gasteiger partial charge in [0.25, 0.3) is 0 Å². The number of carbonyl (C=O) groups is 1. The first-order chi connectivity index (χ1) is 9.06. The Bertz CT molecular complexity index is 612. The van der Waals surface area contributed by atoms with Crippen molar-refractivity contribution in [3.05, 3.63) is 59.6 Å². The van der Waals surface area contributed by atoms with Gasteiger partial charge in [-0.05, 0) is 37.3 Å². The van der Waals surface area contributed by atoms with Crippen molar-refractivity contribution < 1.29 is 18.0 Å². The van der Waals surface area contributed by atoms with E-state index < -0.39 is 23.2 Å². The summed E-state index contributed by atoms with van der Waals surface area (Å²) < 4.78 is 31.8. The van der Waals surface area contributed by atoms with E-state index in [0.29, 0.717) is 11.5 Å². The van der Waals surface area contributed by atoms with Crippen LogP contribution in [-0.2, 0) is 4.79 Å². The average molecular weight is 263 g/mol. The molecule has 2 rings (SSSR count). The molecule has 5 heteroatoms. The Morgan fingerprint density at radius 2 is 1.89 bits per heavy atom. The largest absolute Gasteiger partial charge is 0.462 e. The normalized spacial score (nSPS) is 10.9. The number of amides is 1. The first-order valence-electron chi connectivity index (χ1n) is 5.56. The van der Waals surface area contributed by atoms with Gasteiger partial charge in [-0.25, -0.2) is 8.78 Å². The van der Waals surface area contributed by atoms with E-state index in [2.05, 4.69) is 5.32 Å². The van der Waals surface area contributed by atoms with Crippen LogP contribution in [0.25, 0.3) is 6.08 Å². The van der Waals surface area contributed by atoms with Crippen LogP contribution in [-0.4, -0.2) is 5.91 Å². The minimum Gasteiger partial charge on any atom is -0.462 e. The minimum atomic E-state index is -0.824. The molecule has 0 saturated heterocycles. The highest BCUT2D eigenvalue weighted by Crippen LogP contribution is 2.18. The van der Waals surface area contributed by atoms with E-state index in [0.717, 1.165) is 18.2 Å². The van der Waals surface area contributed by atoms with Crippen molar-refractivity contribution in [2.24, 2.45) is 0 Å². The summed E-state index contributed by atoms with van der Waals surface area (Å²) in [5, 5.41) is 2.14. The molecule has 0 fully saturated rings. The first kappa shape index (κ1) is 13.0. The minimum absolute atomic E-state index is 0.465. The van der Waals surface area contributed by atoms with Crippen LogP contribution < -0.4 is 5.32 Å². The summed E-state index contributed by atoms with van der Waals surface area (Å²) in [6, 6.07) is 6.79. The smallest absolute Gasteiger partial charge is 0.248 e. The number of aryl methyl sites for hydroxylation is 1. The highest BCUT2D eigenvalue weighted by atomic mass is 19.1. The van der Waals surface area contributed by atoms with E-state index in [-0.39, 0.29) is 0 Å². The fourth-order valence-electron chi connectivity index (χ4n) is 1.48. The van der Waals surface area contributed by atoms with E-state index in [1.54, 1.807) is 19.1 Å². The van der Waals surface area contributed by atoms with Gasteiger partial charge in [0.05, 0.1) is 0 Å². The quantitative estimate of drug-likeness (QED) is 0.861. The van der Waals surface area contributed by atoms with Gasteiger partial charge in [0, 0.05) is 6.08 Å². The molecule has 2 aromatic rings. The molecule has 0 aliphatic rings. The summed E-state index contributed by atoms with van der Waals surface area (Å²) >= 11 is 0. The van der Waals surface area contributed by atoms with Gasteiger partial charge in [0.2, 0.25) is 5.91 Å². The van der Waals surface area contributed by atoms with Crippen LogP contribution in [0, 0.1) is 18.6 Å². The topological polar surface area (TPSA) is 42.2 Å². The van der Waals surface area contributed by atoms with Crippen LogP contribution in [0.15, 0.2) is 40.8 Å². The molecule has 0 spiro atoms. The standard InChI is InChI=1S/C14H11F2NO2/c1-9-5-6-10(19-9)7-8-13(18)17-14-11(15)3-2-4-12(14)16/h2-8H,1H3,(H,17,18)/b8-7+. The molecule has 1 aromatic carbocycles. The Morgan fingerprint density at radius 3 is 2.47 bits per heavy atom. The van der Waals surface area contributed by atoms with Crippen molar-refractivity contribution in [2.75, 3.05) is 5.32 Å². The molecular weight excluding hydrogens is 252 g/mol. The summed E-state index contributed by atoms with van der Waals surface area (Å²) in [5.41, 5.74) is -0.465. The maximum Gasteiger partial charge on any atom is 0.248 e. The molecule has 1 aromatic heterocycles. The molecule has 1 N–H and O–H groups in total. The van der Waals surface area contributed by atoms with Crippen LogP contribution in [0.5, 0.6) is 0 Å². The van der Waals surface area contributed by atoms with Crippen LogP contribution in [0.3, 0.4) is 0 Å². The number of rotatable bonds is 3. The molecule has 0 atom stereocenters. The lowest BCUT2D eigenvalue weighted by atomic mass is 10.3. The number of hydrogen-bond acceptors (Lipinski definition) is 2. The number of carbonyl (C=O) groups excluding carboxylic acids is 1. The zero-order valence-electron chi connectivity index (χ0n) is 10.1. The average Bonchev–Trinajstić information content (AvgIpc) is 2.77. The van der Waals surface area contributed by atoms with Crippen molar-refractivity contribution in [1.82, 2.24) is 0 Å². The van der Waals surface area contributed by atoms with Gasteiger partial charge in [0.1, 0.15) is 28.8 Å². The highest BCUT2D eigenvalue weighted by molar-refractivity contribution is 6.01. The summed E-state index contributed by atoms with van der Waals surface area (Å²) in [6.07, 6.45) is 2.56. The Hall–Kier alpha value is -2.43. The molecule has 98 valence electrons. The summed E-state index contributed by atoms with van der Waals surface area (Å²) in [5.74, 6) is -1.09. The summed E-state index contributed by atoms with van der Waals surface area (Å²) in [4.78, 5) is 11.5. The number of para-hydroxylation sites is 1. The maximum atomic E-state index is 13.3. The zero-order valence-corrected chi connectivity index (χ0v) is 10.1. The van der Waals surface area contributed by atoms with Gasteiger partial charge in [-0.1, -0.05) is 6.07 Å². The number of furan rings is 1. The Balaban J connectivity index is 2.07. The van der Waals surface area contributed by atoms with Crippen LogP contribution in [0.2, 0.25) is 0 Å². The second-order valence-electron chi connectivity index (χ2n) is 3.87. The van der Waals surface area contributed by atoms with E-state index in [1.807, 2.05) is 0 Å². The van der Waals surface area contributed by atoms with Crippen LogP contribution in [0.1, 0.15) is 11.5 Å². The van der Waals surface area contributed by atoms with Crippen LogP contribution >= 0.6 is 0 Å². The number of hydrogen-bond donors (Lipinski definition) is 1. The van der Waals surface area contributed by atoms with E-state index in [9.17, 15) is 13.6 Å². The monoisotopic (exact) mass is 263 g/mol. The number of nitrogens with one attached hydrogen (secondary N) is 1. The van der Waals surface area contributed by atoms with Gasteiger partial charge < -0.3 is 9.73 Å². The van der Waals surface area contributed by atoms with E-state index in [4.69, 9.17) is 4.42 Å². The molecule has 3 nitrogen and oxygen atoms in total. The lowest BCUT2D eigenvalue weighted by Crippen LogP contribution is -2.10. The molecule has 0 aliphatic carbocycles. The molecular formula is C14H11F2NO2. The summed E-state index contributed by atoms with van der Waals surface area (Å²) in [7, 11) is 0. The van der Waals surface area contributed by atoms with Gasteiger partial charge in [-0.3, -0.25) is 4.79 Å². The second kappa shape index (κ2) is 5.48. The van der Waals surface area contributed by atoms with Crippen molar-refractivity contribution in [2.45, 2.75) is 6.92 Å². The fourth-order valence-corrected chi connectivity index (χ4v) is 1.48. The van der Waals surface area contributed by atoms with Crippen molar-refractivity contribution >= 4 is 17.7 Å².